The number of pyridine rings is 1. The Labute approximate surface area is 231 Å². The molecule has 0 aliphatic carbocycles. The smallest absolute Gasteiger partial charge is 0.234 e. The van der Waals surface area contributed by atoms with E-state index in [4.69, 9.17) is 9.98 Å². The van der Waals surface area contributed by atoms with Gasteiger partial charge in [-0.25, -0.2) is 4.99 Å². The second-order valence-electron chi connectivity index (χ2n) is 10.1. The zero-order chi connectivity index (χ0) is 25.8. The van der Waals surface area contributed by atoms with Gasteiger partial charge in [0.2, 0.25) is 5.91 Å². The number of aromatic nitrogens is 1. The molecule has 37 heavy (non-hydrogen) atoms. The van der Waals surface area contributed by atoms with Crippen LogP contribution in [-0.2, 0) is 4.79 Å². The first-order valence-corrected chi connectivity index (χ1v) is 14.6. The number of nitrogens with one attached hydrogen (secondary N) is 1. The summed E-state index contributed by atoms with van der Waals surface area (Å²) < 4.78 is 1.03. The number of carbonyl (C=O) groups is 1. The highest BCUT2D eigenvalue weighted by Crippen LogP contribution is 2.36. The lowest BCUT2D eigenvalue weighted by molar-refractivity contribution is -0.113. The largest absolute Gasteiger partial charge is 0.324 e. The van der Waals surface area contributed by atoms with E-state index < -0.39 is 5.66 Å². The maximum atomic E-state index is 12.9. The summed E-state index contributed by atoms with van der Waals surface area (Å²) in [6.45, 7) is 7.68. The maximum absolute atomic E-state index is 12.9. The van der Waals surface area contributed by atoms with Gasteiger partial charge in [-0.3, -0.25) is 14.8 Å². The number of likely N-dealkylation sites (tertiary alicyclic amines) is 1. The molecule has 1 amide bonds. The monoisotopic (exact) mass is 577 g/mol. The minimum Gasteiger partial charge on any atom is -0.324 e. The number of thioether (sulfide) groups is 1. The zero-order valence-corrected chi connectivity index (χ0v) is 23.7. The van der Waals surface area contributed by atoms with Crippen LogP contribution >= 0.6 is 27.7 Å². The van der Waals surface area contributed by atoms with Crippen LogP contribution in [0.25, 0.3) is 10.9 Å². The Hall–Kier alpha value is -2.55. The Morgan fingerprint density at radius 1 is 1.11 bits per heavy atom. The summed E-state index contributed by atoms with van der Waals surface area (Å²) in [5.41, 5.74) is 3.12. The van der Waals surface area contributed by atoms with E-state index in [1.165, 1.54) is 18.2 Å². The number of benzene rings is 2. The Morgan fingerprint density at radius 3 is 2.62 bits per heavy atom. The highest BCUT2D eigenvalue weighted by Gasteiger charge is 2.39. The fourth-order valence-electron chi connectivity index (χ4n) is 4.69. The maximum Gasteiger partial charge on any atom is 0.234 e. The van der Waals surface area contributed by atoms with Crippen molar-refractivity contribution in [1.29, 1.82) is 0 Å². The van der Waals surface area contributed by atoms with E-state index >= 15 is 0 Å². The number of aliphatic imine (C=N–C) groups is 2. The van der Waals surface area contributed by atoms with Crippen molar-refractivity contribution in [3.05, 3.63) is 70.8 Å². The number of anilines is 1. The molecule has 0 saturated carbocycles. The number of fused-ring (bicyclic) bond motifs is 1. The second kappa shape index (κ2) is 11.5. The average Bonchev–Trinajstić information content (AvgIpc) is 3.25. The van der Waals surface area contributed by atoms with Crippen molar-refractivity contribution in [3.8, 4) is 0 Å². The Kier molecular flexibility index (Phi) is 8.07. The quantitative estimate of drug-likeness (QED) is 0.352. The van der Waals surface area contributed by atoms with Gasteiger partial charge in [0.1, 0.15) is 5.04 Å². The summed E-state index contributed by atoms with van der Waals surface area (Å²) in [6.07, 6.45) is 4.73. The van der Waals surface area contributed by atoms with E-state index in [2.05, 4.69) is 57.1 Å². The van der Waals surface area contributed by atoms with Gasteiger partial charge in [-0.1, -0.05) is 71.9 Å². The molecule has 0 atom stereocenters. The van der Waals surface area contributed by atoms with E-state index in [9.17, 15) is 4.79 Å². The minimum absolute atomic E-state index is 0.0793. The summed E-state index contributed by atoms with van der Waals surface area (Å²) in [4.78, 5) is 30.2. The van der Waals surface area contributed by atoms with Gasteiger partial charge in [-0.15, -0.1) is 0 Å². The second-order valence-corrected chi connectivity index (χ2v) is 12.0. The normalized spacial score (nSPS) is 17.3. The molecule has 1 fully saturated rings. The average molecular weight is 579 g/mol. The third kappa shape index (κ3) is 6.48. The van der Waals surface area contributed by atoms with Gasteiger partial charge < -0.3 is 10.2 Å². The molecule has 1 aromatic heterocycles. The Morgan fingerprint density at radius 2 is 1.86 bits per heavy atom. The van der Waals surface area contributed by atoms with Gasteiger partial charge in [-0.05, 0) is 43.1 Å². The molecule has 3 aromatic rings. The van der Waals surface area contributed by atoms with Crippen LogP contribution in [0.2, 0.25) is 0 Å². The lowest BCUT2D eigenvalue weighted by Gasteiger charge is -2.35. The van der Waals surface area contributed by atoms with Crippen molar-refractivity contribution in [2.75, 3.05) is 30.7 Å². The molecule has 5 rings (SSSR count). The predicted molar refractivity (Wildman–Crippen MR) is 159 cm³/mol. The predicted octanol–water partition coefficient (Wildman–Crippen LogP) is 6.41. The number of amides is 1. The number of halogens is 1. The van der Waals surface area contributed by atoms with Crippen molar-refractivity contribution in [3.63, 3.8) is 0 Å². The van der Waals surface area contributed by atoms with E-state index in [-0.39, 0.29) is 11.7 Å². The van der Waals surface area contributed by atoms with Crippen LogP contribution < -0.4 is 5.32 Å². The standard InChI is InChI=1S/C29H32BrN5OS/c1-20(2)11-14-35-15-12-29(13-16-35)33-27(21-7-9-23(30)10-8-21)28(34-29)37-19-26(36)32-24-17-22-5-3-4-6-25(22)31-18-24/h3-10,17-18,20H,11-16,19H2,1-2H3,(H,32,36). The van der Waals surface area contributed by atoms with Gasteiger partial charge in [0.05, 0.1) is 28.9 Å². The summed E-state index contributed by atoms with van der Waals surface area (Å²) >= 11 is 4.99. The highest BCUT2D eigenvalue weighted by molar-refractivity contribution is 9.10. The fourth-order valence-corrected chi connectivity index (χ4v) is 5.83. The summed E-state index contributed by atoms with van der Waals surface area (Å²) in [5, 5.41) is 4.84. The van der Waals surface area contributed by atoms with Crippen LogP contribution in [0.5, 0.6) is 0 Å². The molecule has 1 spiro atoms. The molecule has 0 radical (unpaired) electrons. The van der Waals surface area contributed by atoms with Crippen LogP contribution in [0, 0.1) is 5.92 Å². The number of nitrogens with zero attached hydrogens (tertiary/aromatic N) is 4. The van der Waals surface area contributed by atoms with E-state index in [1.807, 2.05) is 42.5 Å². The van der Waals surface area contributed by atoms with Crippen LogP contribution in [0.1, 0.15) is 38.7 Å². The van der Waals surface area contributed by atoms with E-state index in [0.29, 0.717) is 11.6 Å². The molecule has 0 unspecified atom stereocenters. The molecule has 8 heteroatoms. The Bertz CT molecular complexity index is 1330. The third-order valence-corrected chi connectivity index (χ3v) is 8.34. The number of para-hydroxylation sites is 1. The summed E-state index contributed by atoms with van der Waals surface area (Å²) in [6, 6.07) is 18.0. The molecule has 2 aliphatic heterocycles. The fraction of sp³-hybridized carbons (Fsp3) is 0.379. The number of hydrogen-bond donors (Lipinski definition) is 1. The lowest BCUT2D eigenvalue weighted by Crippen LogP contribution is -2.42. The first kappa shape index (κ1) is 26.1. The number of carbonyl (C=O) groups excluding carboxylic acids is 1. The van der Waals surface area contributed by atoms with Crippen molar-refractivity contribution >= 4 is 60.9 Å². The number of rotatable bonds is 7. The van der Waals surface area contributed by atoms with Crippen LogP contribution in [0.4, 0.5) is 5.69 Å². The lowest BCUT2D eigenvalue weighted by atomic mass is 9.98. The highest BCUT2D eigenvalue weighted by atomic mass is 79.9. The van der Waals surface area contributed by atoms with E-state index in [0.717, 1.165) is 64.2 Å². The number of hydrogen-bond acceptors (Lipinski definition) is 6. The third-order valence-electron chi connectivity index (χ3n) is 6.84. The first-order chi connectivity index (χ1) is 17.9. The van der Waals surface area contributed by atoms with Gasteiger partial charge in [-0.2, -0.15) is 0 Å². The topological polar surface area (TPSA) is 70.0 Å². The molecule has 3 heterocycles. The van der Waals surface area contributed by atoms with Crippen molar-refractivity contribution < 1.29 is 4.79 Å². The van der Waals surface area contributed by atoms with Crippen molar-refractivity contribution in [2.24, 2.45) is 15.9 Å². The van der Waals surface area contributed by atoms with Gasteiger partial charge in [0, 0.05) is 41.4 Å². The van der Waals surface area contributed by atoms with Gasteiger partial charge in [0.25, 0.3) is 0 Å². The first-order valence-electron chi connectivity index (χ1n) is 12.8. The summed E-state index contributed by atoms with van der Waals surface area (Å²) in [7, 11) is 0. The van der Waals surface area contributed by atoms with E-state index in [1.54, 1.807) is 6.20 Å². The van der Waals surface area contributed by atoms with Crippen LogP contribution in [-0.4, -0.2) is 57.6 Å². The molecule has 1 saturated heterocycles. The molecular formula is C29H32BrN5OS. The van der Waals surface area contributed by atoms with Gasteiger partial charge >= 0.3 is 0 Å². The molecule has 192 valence electrons. The summed E-state index contributed by atoms with van der Waals surface area (Å²) in [5.74, 6) is 0.893. The Balaban J connectivity index is 1.28. The van der Waals surface area contributed by atoms with Crippen molar-refractivity contribution in [2.45, 2.75) is 38.8 Å². The van der Waals surface area contributed by atoms with Crippen LogP contribution in [0.3, 0.4) is 0 Å². The SMILES string of the molecule is CC(C)CCN1CCC2(CC1)N=C(SCC(=O)Nc1cnc3ccccc3c1)C(c1ccc(Br)cc1)=N2. The van der Waals surface area contributed by atoms with Gasteiger partial charge in [0.15, 0.2) is 5.66 Å². The zero-order valence-electron chi connectivity index (χ0n) is 21.3. The molecule has 6 nitrogen and oxygen atoms in total. The minimum atomic E-state index is -0.419. The number of piperidine rings is 1. The molecule has 0 bridgehead atoms. The molecule has 2 aliphatic rings. The van der Waals surface area contributed by atoms with Crippen LogP contribution in [0.15, 0.2) is 75.3 Å². The van der Waals surface area contributed by atoms with Crippen molar-refractivity contribution in [1.82, 2.24) is 9.88 Å². The molecular weight excluding hydrogens is 546 g/mol. The molecule has 2 aromatic carbocycles. The molecule has 1 N–H and O–H groups in total.